The molecule has 6 heteroatoms. The first-order chi connectivity index (χ1) is 10.6. The molecule has 2 N–H and O–H groups in total. The van der Waals surface area contributed by atoms with Crippen LogP contribution in [0.1, 0.15) is 39.3 Å². The van der Waals surface area contributed by atoms with Crippen LogP contribution in [0, 0.1) is 0 Å². The fraction of sp³-hybridized carbons (Fsp3) is 0.529. The monoisotopic (exact) mass is 339 g/mol. The molecule has 0 aliphatic heterocycles. The van der Waals surface area contributed by atoms with Crippen molar-refractivity contribution in [2.75, 3.05) is 20.1 Å². The number of nitrogens with one attached hydrogen (secondary N) is 2. The van der Waals surface area contributed by atoms with Gasteiger partial charge in [-0.2, -0.15) is 0 Å². The molecule has 1 atom stereocenters. The van der Waals surface area contributed by atoms with Crippen LogP contribution in [0.15, 0.2) is 24.3 Å². The number of hydrogen-bond acceptors (Lipinski definition) is 3. The molecule has 5 nitrogen and oxygen atoms in total. The predicted octanol–water partition coefficient (Wildman–Crippen LogP) is 2.36. The maximum Gasteiger partial charge on any atom is 0.234 e. The van der Waals surface area contributed by atoms with Crippen LogP contribution >= 0.6 is 11.6 Å². The van der Waals surface area contributed by atoms with E-state index in [2.05, 4.69) is 10.6 Å². The van der Waals surface area contributed by atoms with Gasteiger partial charge < -0.3 is 10.6 Å². The third-order valence-electron chi connectivity index (χ3n) is 3.09. The summed E-state index contributed by atoms with van der Waals surface area (Å²) in [6.07, 6.45) is 0. The number of carbonyl (C=O) groups excluding carboxylic acids is 2. The number of amides is 2. The van der Waals surface area contributed by atoms with Crippen molar-refractivity contribution in [3.63, 3.8) is 0 Å². The first-order valence-corrected chi connectivity index (χ1v) is 7.99. The summed E-state index contributed by atoms with van der Waals surface area (Å²) >= 11 is 6.12. The SMILES string of the molecule is C[C@H](NC(=O)CN(C)CC(=O)NC(C)(C)C)c1ccccc1Cl. The van der Waals surface area contributed by atoms with Crippen molar-refractivity contribution >= 4 is 23.4 Å². The zero-order chi connectivity index (χ0) is 17.6. The number of halogens is 1. The number of rotatable bonds is 6. The lowest BCUT2D eigenvalue weighted by atomic mass is 10.1. The molecule has 0 heterocycles. The second-order valence-corrected chi connectivity index (χ2v) is 7.19. The molecular weight excluding hydrogens is 314 g/mol. The van der Waals surface area contributed by atoms with Crippen LogP contribution in [0.3, 0.4) is 0 Å². The van der Waals surface area contributed by atoms with Gasteiger partial charge in [0, 0.05) is 10.6 Å². The molecule has 2 amide bonds. The lowest BCUT2D eigenvalue weighted by molar-refractivity contribution is -0.125. The highest BCUT2D eigenvalue weighted by Gasteiger charge is 2.17. The molecule has 1 aromatic carbocycles. The van der Waals surface area contributed by atoms with Gasteiger partial charge in [0.2, 0.25) is 11.8 Å². The lowest BCUT2D eigenvalue weighted by Crippen LogP contribution is -2.47. The maximum atomic E-state index is 12.1. The number of carbonyl (C=O) groups is 2. The van der Waals surface area contributed by atoms with Crippen LogP contribution in [0.2, 0.25) is 5.02 Å². The molecule has 0 fully saturated rings. The van der Waals surface area contributed by atoms with Crippen LogP contribution in [0.5, 0.6) is 0 Å². The molecule has 0 aromatic heterocycles. The van der Waals surface area contributed by atoms with Gasteiger partial charge in [0.05, 0.1) is 19.1 Å². The molecule has 0 saturated carbocycles. The average Bonchev–Trinajstić information content (AvgIpc) is 2.35. The summed E-state index contributed by atoms with van der Waals surface area (Å²) in [5.41, 5.74) is 0.592. The molecule has 1 aromatic rings. The van der Waals surface area contributed by atoms with Gasteiger partial charge in [0.25, 0.3) is 0 Å². The van der Waals surface area contributed by atoms with Crippen molar-refractivity contribution < 1.29 is 9.59 Å². The van der Waals surface area contributed by atoms with E-state index in [4.69, 9.17) is 11.6 Å². The van der Waals surface area contributed by atoms with E-state index < -0.39 is 0 Å². The van der Waals surface area contributed by atoms with Crippen molar-refractivity contribution in [2.24, 2.45) is 0 Å². The van der Waals surface area contributed by atoms with Crippen LogP contribution < -0.4 is 10.6 Å². The lowest BCUT2D eigenvalue weighted by Gasteiger charge is -2.23. The van der Waals surface area contributed by atoms with Crippen molar-refractivity contribution in [3.05, 3.63) is 34.9 Å². The topological polar surface area (TPSA) is 61.4 Å². The normalized spacial score (nSPS) is 12.8. The van der Waals surface area contributed by atoms with E-state index in [9.17, 15) is 9.59 Å². The van der Waals surface area contributed by atoms with Crippen LogP contribution in [0.25, 0.3) is 0 Å². The largest absolute Gasteiger partial charge is 0.350 e. The van der Waals surface area contributed by atoms with Crippen LogP contribution in [-0.2, 0) is 9.59 Å². The van der Waals surface area contributed by atoms with Crippen molar-refractivity contribution in [3.8, 4) is 0 Å². The van der Waals surface area contributed by atoms with Gasteiger partial charge >= 0.3 is 0 Å². The Labute approximate surface area is 143 Å². The molecule has 0 unspecified atom stereocenters. The van der Waals surface area contributed by atoms with Gasteiger partial charge in [-0.1, -0.05) is 29.8 Å². The van der Waals surface area contributed by atoms with E-state index in [-0.39, 0.29) is 36.5 Å². The number of hydrogen-bond donors (Lipinski definition) is 2. The van der Waals surface area contributed by atoms with Gasteiger partial charge in [-0.25, -0.2) is 0 Å². The molecule has 0 spiro atoms. The van der Waals surface area contributed by atoms with Gasteiger partial charge in [-0.3, -0.25) is 14.5 Å². The molecule has 128 valence electrons. The number of likely N-dealkylation sites (N-methyl/N-ethyl adjacent to an activating group) is 1. The highest BCUT2D eigenvalue weighted by molar-refractivity contribution is 6.31. The Hall–Kier alpha value is -1.59. The summed E-state index contributed by atoms with van der Waals surface area (Å²) in [7, 11) is 1.74. The van der Waals surface area contributed by atoms with Crippen molar-refractivity contribution in [2.45, 2.75) is 39.3 Å². The van der Waals surface area contributed by atoms with E-state index in [1.54, 1.807) is 18.0 Å². The minimum absolute atomic E-state index is 0.105. The fourth-order valence-corrected chi connectivity index (χ4v) is 2.49. The molecule has 0 radical (unpaired) electrons. The standard InChI is InChI=1S/C17H26ClN3O2/c1-12(13-8-6-7-9-14(13)18)19-15(22)10-21(5)11-16(23)20-17(2,3)4/h6-9,12H,10-11H2,1-5H3,(H,19,22)(H,20,23)/t12-/m0/s1. The minimum Gasteiger partial charge on any atom is -0.350 e. The number of nitrogens with zero attached hydrogens (tertiary/aromatic N) is 1. The van der Waals surface area contributed by atoms with Crippen molar-refractivity contribution in [1.29, 1.82) is 0 Å². The Bertz CT molecular complexity index is 555. The first-order valence-electron chi connectivity index (χ1n) is 7.62. The summed E-state index contributed by atoms with van der Waals surface area (Å²) in [4.78, 5) is 25.6. The Morgan fingerprint density at radius 1 is 1.17 bits per heavy atom. The molecule has 23 heavy (non-hydrogen) atoms. The smallest absolute Gasteiger partial charge is 0.234 e. The molecular formula is C17H26ClN3O2. The van der Waals surface area contributed by atoms with Crippen LogP contribution in [0.4, 0.5) is 0 Å². The van der Waals surface area contributed by atoms with Gasteiger partial charge in [-0.15, -0.1) is 0 Å². The Morgan fingerprint density at radius 2 is 1.74 bits per heavy atom. The first kappa shape index (κ1) is 19.5. The summed E-state index contributed by atoms with van der Waals surface area (Å²) in [6, 6.07) is 7.22. The van der Waals surface area contributed by atoms with E-state index in [0.717, 1.165) is 5.56 Å². The molecule has 0 saturated heterocycles. The Balaban J connectivity index is 2.47. The summed E-state index contributed by atoms with van der Waals surface area (Å²) in [5, 5.41) is 6.38. The quantitative estimate of drug-likeness (QED) is 0.836. The van der Waals surface area contributed by atoms with Crippen molar-refractivity contribution in [1.82, 2.24) is 15.5 Å². The third-order valence-corrected chi connectivity index (χ3v) is 3.43. The highest BCUT2D eigenvalue weighted by atomic mass is 35.5. The average molecular weight is 340 g/mol. The minimum atomic E-state index is -0.279. The summed E-state index contributed by atoms with van der Waals surface area (Å²) in [6.45, 7) is 7.96. The molecule has 0 bridgehead atoms. The zero-order valence-corrected chi connectivity index (χ0v) is 15.2. The Morgan fingerprint density at radius 3 is 2.30 bits per heavy atom. The number of benzene rings is 1. The van der Waals surface area contributed by atoms with Gasteiger partial charge in [-0.05, 0) is 46.4 Å². The van der Waals surface area contributed by atoms with E-state index >= 15 is 0 Å². The van der Waals surface area contributed by atoms with E-state index in [0.29, 0.717) is 5.02 Å². The van der Waals surface area contributed by atoms with Gasteiger partial charge in [0.1, 0.15) is 0 Å². The molecule has 0 aliphatic carbocycles. The Kier molecular flexibility index (Phi) is 7.03. The zero-order valence-electron chi connectivity index (χ0n) is 14.4. The van der Waals surface area contributed by atoms with E-state index in [1.807, 2.05) is 45.9 Å². The third kappa shape index (κ3) is 7.48. The molecule has 1 rings (SSSR count). The predicted molar refractivity (Wildman–Crippen MR) is 93.4 cm³/mol. The fourth-order valence-electron chi connectivity index (χ4n) is 2.20. The van der Waals surface area contributed by atoms with E-state index in [1.165, 1.54) is 0 Å². The second kappa shape index (κ2) is 8.31. The summed E-state index contributed by atoms with van der Waals surface area (Å²) < 4.78 is 0. The van der Waals surface area contributed by atoms with Crippen LogP contribution in [-0.4, -0.2) is 42.4 Å². The van der Waals surface area contributed by atoms with Gasteiger partial charge in [0.15, 0.2) is 0 Å². The maximum absolute atomic E-state index is 12.1. The highest BCUT2D eigenvalue weighted by Crippen LogP contribution is 2.21. The molecule has 0 aliphatic rings. The summed E-state index contributed by atoms with van der Waals surface area (Å²) in [5.74, 6) is -0.254. The second-order valence-electron chi connectivity index (χ2n) is 6.78.